The molecule has 0 aromatic heterocycles. The van der Waals surface area contributed by atoms with Gasteiger partial charge in [-0.15, -0.1) is 0 Å². The number of benzene rings is 1. The zero-order valence-electron chi connectivity index (χ0n) is 11.3. The predicted octanol–water partition coefficient (Wildman–Crippen LogP) is 2.99. The zero-order valence-corrected chi connectivity index (χ0v) is 12.1. The summed E-state index contributed by atoms with van der Waals surface area (Å²) < 4.78 is 40.4. The SMILES string of the molecule is Cc1cc(F)ccc1S(=O)(=O)NC1CCCC(C)C1. The molecule has 1 aliphatic rings. The monoisotopic (exact) mass is 285 g/mol. The highest BCUT2D eigenvalue weighted by Gasteiger charge is 2.25. The molecule has 0 heterocycles. The molecule has 106 valence electrons. The topological polar surface area (TPSA) is 46.2 Å². The largest absolute Gasteiger partial charge is 0.241 e. The molecule has 3 nitrogen and oxygen atoms in total. The van der Waals surface area contributed by atoms with E-state index in [1.165, 1.54) is 18.2 Å². The molecular formula is C14H20FNO2S. The summed E-state index contributed by atoms with van der Waals surface area (Å²) >= 11 is 0. The van der Waals surface area contributed by atoms with E-state index in [9.17, 15) is 12.8 Å². The molecule has 0 radical (unpaired) electrons. The molecule has 1 saturated carbocycles. The number of sulfonamides is 1. The molecule has 1 aliphatic carbocycles. The van der Waals surface area contributed by atoms with E-state index in [1.54, 1.807) is 6.92 Å². The second-order valence-electron chi connectivity index (χ2n) is 5.50. The number of halogens is 1. The fourth-order valence-corrected chi connectivity index (χ4v) is 4.25. The summed E-state index contributed by atoms with van der Waals surface area (Å²) in [6.07, 6.45) is 3.97. The molecule has 2 rings (SSSR count). The number of aryl methyl sites for hydroxylation is 1. The van der Waals surface area contributed by atoms with Crippen LogP contribution in [0.5, 0.6) is 0 Å². The minimum atomic E-state index is -3.55. The van der Waals surface area contributed by atoms with Gasteiger partial charge in [0.05, 0.1) is 4.90 Å². The molecule has 1 N–H and O–H groups in total. The van der Waals surface area contributed by atoms with E-state index in [-0.39, 0.29) is 10.9 Å². The van der Waals surface area contributed by atoms with Crippen molar-refractivity contribution in [3.8, 4) is 0 Å². The third-order valence-electron chi connectivity index (χ3n) is 3.68. The maximum Gasteiger partial charge on any atom is 0.241 e. The first-order valence-electron chi connectivity index (χ1n) is 6.67. The van der Waals surface area contributed by atoms with Gasteiger partial charge in [0.1, 0.15) is 5.82 Å². The van der Waals surface area contributed by atoms with Crippen LogP contribution in [0.1, 0.15) is 38.2 Å². The van der Waals surface area contributed by atoms with E-state index in [0.717, 1.165) is 25.7 Å². The first-order chi connectivity index (χ1) is 8.88. The summed E-state index contributed by atoms with van der Waals surface area (Å²) in [6.45, 7) is 3.75. The molecule has 1 aromatic carbocycles. The second-order valence-corrected chi connectivity index (χ2v) is 7.18. The molecule has 5 heteroatoms. The van der Waals surface area contributed by atoms with Crippen molar-refractivity contribution in [1.29, 1.82) is 0 Å². The van der Waals surface area contributed by atoms with Gasteiger partial charge in [0, 0.05) is 6.04 Å². The van der Waals surface area contributed by atoms with E-state index < -0.39 is 15.8 Å². The van der Waals surface area contributed by atoms with Crippen molar-refractivity contribution < 1.29 is 12.8 Å². The van der Waals surface area contributed by atoms with Gasteiger partial charge in [0.2, 0.25) is 10.0 Å². The average Bonchev–Trinajstić information content (AvgIpc) is 2.27. The lowest BCUT2D eigenvalue weighted by Crippen LogP contribution is -2.38. The highest BCUT2D eigenvalue weighted by Crippen LogP contribution is 2.25. The number of rotatable bonds is 3. The summed E-state index contributed by atoms with van der Waals surface area (Å²) in [5.74, 6) is 0.138. The average molecular weight is 285 g/mol. The third-order valence-corrected chi connectivity index (χ3v) is 5.37. The van der Waals surface area contributed by atoms with E-state index in [2.05, 4.69) is 11.6 Å². The smallest absolute Gasteiger partial charge is 0.208 e. The van der Waals surface area contributed by atoms with Crippen LogP contribution in [-0.2, 0) is 10.0 Å². The van der Waals surface area contributed by atoms with Gasteiger partial charge >= 0.3 is 0 Å². The molecule has 19 heavy (non-hydrogen) atoms. The summed E-state index contributed by atoms with van der Waals surface area (Å²) in [7, 11) is -3.55. The van der Waals surface area contributed by atoms with Crippen LogP contribution in [0.25, 0.3) is 0 Å². The van der Waals surface area contributed by atoms with Gasteiger partial charge in [-0.25, -0.2) is 17.5 Å². The predicted molar refractivity (Wildman–Crippen MR) is 72.9 cm³/mol. The Kier molecular flexibility index (Phi) is 4.26. The van der Waals surface area contributed by atoms with Crippen molar-refractivity contribution in [2.45, 2.75) is 50.5 Å². The second kappa shape index (κ2) is 5.59. The van der Waals surface area contributed by atoms with Crippen molar-refractivity contribution in [3.05, 3.63) is 29.6 Å². The first kappa shape index (κ1) is 14.5. The van der Waals surface area contributed by atoms with Crippen molar-refractivity contribution in [2.75, 3.05) is 0 Å². The maximum atomic E-state index is 13.0. The van der Waals surface area contributed by atoms with Crippen LogP contribution in [-0.4, -0.2) is 14.5 Å². The standard InChI is InChI=1S/C14H20FNO2S/c1-10-4-3-5-13(8-10)16-19(17,18)14-7-6-12(15)9-11(14)2/h6-7,9-10,13,16H,3-5,8H2,1-2H3. The quantitative estimate of drug-likeness (QED) is 0.928. The zero-order chi connectivity index (χ0) is 14.0. The highest BCUT2D eigenvalue weighted by atomic mass is 32.2. The Hall–Kier alpha value is -0.940. The molecule has 0 aliphatic heterocycles. The molecule has 0 amide bonds. The van der Waals surface area contributed by atoms with E-state index >= 15 is 0 Å². The molecule has 1 fully saturated rings. The van der Waals surface area contributed by atoms with Gasteiger partial charge < -0.3 is 0 Å². The Balaban J connectivity index is 2.18. The fraction of sp³-hybridized carbons (Fsp3) is 0.571. The Morgan fingerprint density at radius 3 is 2.68 bits per heavy atom. The molecule has 0 saturated heterocycles. The lowest BCUT2D eigenvalue weighted by atomic mass is 9.88. The van der Waals surface area contributed by atoms with Gasteiger partial charge in [-0.05, 0) is 49.4 Å². The highest BCUT2D eigenvalue weighted by molar-refractivity contribution is 7.89. The van der Waals surface area contributed by atoms with Crippen LogP contribution in [0, 0.1) is 18.7 Å². The lowest BCUT2D eigenvalue weighted by molar-refractivity contribution is 0.327. The van der Waals surface area contributed by atoms with E-state index in [0.29, 0.717) is 11.5 Å². The van der Waals surface area contributed by atoms with Crippen molar-refractivity contribution in [1.82, 2.24) is 4.72 Å². The maximum absolute atomic E-state index is 13.0. The fourth-order valence-electron chi connectivity index (χ4n) is 2.74. The van der Waals surface area contributed by atoms with Crippen LogP contribution in [0.15, 0.2) is 23.1 Å². The number of hydrogen-bond acceptors (Lipinski definition) is 2. The van der Waals surface area contributed by atoms with Crippen molar-refractivity contribution in [2.24, 2.45) is 5.92 Å². The summed E-state index contributed by atoms with van der Waals surface area (Å²) in [5, 5.41) is 0. The minimum Gasteiger partial charge on any atom is -0.208 e. The van der Waals surface area contributed by atoms with Crippen molar-refractivity contribution >= 4 is 10.0 Å². The molecular weight excluding hydrogens is 265 g/mol. The molecule has 0 bridgehead atoms. The van der Waals surface area contributed by atoms with Crippen LogP contribution < -0.4 is 4.72 Å². The minimum absolute atomic E-state index is 0.00166. The van der Waals surface area contributed by atoms with Gasteiger partial charge in [-0.1, -0.05) is 19.8 Å². The van der Waals surface area contributed by atoms with Crippen LogP contribution in [0.3, 0.4) is 0 Å². The first-order valence-corrected chi connectivity index (χ1v) is 8.15. The number of hydrogen-bond donors (Lipinski definition) is 1. The van der Waals surface area contributed by atoms with Gasteiger partial charge in [-0.3, -0.25) is 0 Å². The molecule has 2 atom stereocenters. The Morgan fingerprint density at radius 1 is 1.32 bits per heavy atom. The summed E-state index contributed by atoms with van der Waals surface area (Å²) in [6, 6.07) is 3.76. The van der Waals surface area contributed by atoms with Crippen LogP contribution in [0.2, 0.25) is 0 Å². The van der Waals surface area contributed by atoms with Gasteiger partial charge in [-0.2, -0.15) is 0 Å². The van der Waals surface area contributed by atoms with Gasteiger partial charge in [0.25, 0.3) is 0 Å². The lowest BCUT2D eigenvalue weighted by Gasteiger charge is -2.27. The Labute approximate surface area is 114 Å². The van der Waals surface area contributed by atoms with Crippen molar-refractivity contribution in [3.63, 3.8) is 0 Å². The van der Waals surface area contributed by atoms with E-state index in [1.807, 2.05) is 0 Å². The Bertz CT molecular complexity index is 557. The van der Waals surface area contributed by atoms with Gasteiger partial charge in [0.15, 0.2) is 0 Å². The summed E-state index contributed by atoms with van der Waals surface area (Å²) in [5.41, 5.74) is 0.441. The third kappa shape index (κ3) is 3.54. The number of nitrogens with one attached hydrogen (secondary N) is 1. The van der Waals surface area contributed by atoms with Crippen LogP contribution in [0.4, 0.5) is 4.39 Å². The molecule has 2 unspecified atom stereocenters. The van der Waals surface area contributed by atoms with Crippen LogP contribution >= 0.6 is 0 Å². The molecule has 1 aromatic rings. The molecule has 0 spiro atoms. The normalized spacial score (nSPS) is 24.4. The Morgan fingerprint density at radius 2 is 2.05 bits per heavy atom. The van der Waals surface area contributed by atoms with E-state index in [4.69, 9.17) is 0 Å². The summed E-state index contributed by atoms with van der Waals surface area (Å²) in [4.78, 5) is 0.173.